The lowest BCUT2D eigenvalue weighted by Crippen LogP contribution is -2.00. The highest BCUT2D eigenvalue weighted by Crippen LogP contribution is 2.44. The van der Waals surface area contributed by atoms with Crippen LogP contribution < -0.4 is 0 Å². The molecule has 0 aromatic heterocycles. The molecule has 4 N–H and O–H groups in total. The second-order valence-corrected chi connectivity index (χ2v) is 3.84. The highest BCUT2D eigenvalue weighted by molar-refractivity contribution is 5.77. The molecule has 0 saturated carbocycles. The first-order chi connectivity index (χ1) is 9.25. The van der Waals surface area contributed by atoms with Crippen LogP contribution in [-0.4, -0.2) is 20.4 Å². The van der Waals surface area contributed by atoms with Crippen molar-refractivity contribution in [3.63, 3.8) is 0 Å². The Kier molecular flexibility index (Phi) is 3.09. The maximum atomic E-state index is 13.7. The lowest BCUT2D eigenvalue weighted by molar-refractivity contribution is 0.359. The second-order valence-electron chi connectivity index (χ2n) is 3.84. The molecule has 0 spiro atoms. The zero-order valence-electron chi connectivity index (χ0n) is 9.46. The van der Waals surface area contributed by atoms with Crippen molar-refractivity contribution in [2.24, 2.45) is 0 Å². The molecule has 106 valence electrons. The Balaban J connectivity index is 2.91. The van der Waals surface area contributed by atoms with Gasteiger partial charge in [0.2, 0.25) is 5.82 Å². The zero-order valence-corrected chi connectivity index (χ0v) is 9.46. The lowest BCUT2D eigenvalue weighted by Gasteiger charge is -2.11. The Morgan fingerprint density at radius 2 is 1.25 bits per heavy atom. The highest BCUT2D eigenvalue weighted by atomic mass is 19.2. The van der Waals surface area contributed by atoms with Gasteiger partial charge in [0, 0.05) is 11.6 Å². The molecule has 0 atom stereocenters. The predicted molar refractivity (Wildman–Crippen MR) is 58.4 cm³/mol. The first kappa shape index (κ1) is 13.8. The Hall–Kier alpha value is -2.64. The van der Waals surface area contributed by atoms with E-state index < -0.39 is 57.4 Å². The largest absolute Gasteiger partial charge is 0.508 e. The maximum absolute atomic E-state index is 13.7. The highest BCUT2D eigenvalue weighted by Gasteiger charge is 2.28. The first-order valence-corrected chi connectivity index (χ1v) is 5.06. The molecule has 2 aromatic rings. The van der Waals surface area contributed by atoms with Crippen molar-refractivity contribution in [2.45, 2.75) is 0 Å². The number of aromatic hydroxyl groups is 4. The molecule has 2 rings (SSSR count). The van der Waals surface area contributed by atoms with E-state index >= 15 is 0 Å². The molecule has 0 amide bonds. The molecule has 0 fully saturated rings. The molecule has 8 heteroatoms. The van der Waals surface area contributed by atoms with Gasteiger partial charge < -0.3 is 20.4 Å². The monoisotopic (exact) mass is 290 g/mol. The standard InChI is InChI=1S/C12H6F4O4/c13-7-6(8(14)12(20)10(16)9(7)15)4-1-3(17)2-5(18)11(4)19/h1-2,17-20H. The minimum absolute atomic E-state index is 0.604. The first-order valence-electron chi connectivity index (χ1n) is 5.06. The maximum Gasteiger partial charge on any atom is 0.206 e. The van der Waals surface area contributed by atoms with Crippen molar-refractivity contribution < 1.29 is 38.0 Å². The molecule has 0 radical (unpaired) electrons. The van der Waals surface area contributed by atoms with Crippen LogP contribution in [0.25, 0.3) is 11.1 Å². The van der Waals surface area contributed by atoms with Gasteiger partial charge in [0.15, 0.2) is 34.7 Å². The van der Waals surface area contributed by atoms with Crippen LogP contribution in [0.3, 0.4) is 0 Å². The van der Waals surface area contributed by atoms with E-state index in [0.717, 1.165) is 0 Å². The van der Waals surface area contributed by atoms with E-state index in [1.807, 2.05) is 0 Å². The minimum Gasteiger partial charge on any atom is -0.508 e. The fourth-order valence-electron chi connectivity index (χ4n) is 1.65. The summed E-state index contributed by atoms with van der Waals surface area (Å²) >= 11 is 0. The van der Waals surface area contributed by atoms with Crippen LogP contribution in [-0.2, 0) is 0 Å². The Labute approximate surface area is 108 Å². The summed E-state index contributed by atoms with van der Waals surface area (Å²) in [5.41, 5.74) is -2.18. The van der Waals surface area contributed by atoms with Crippen molar-refractivity contribution in [2.75, 3.05) is 0 Å². The normalized spacial score (nSPS) is 10.8. The number of halogens is 4. The van der Waals surface area contributed by atoms with Crippen molar-refractivity contribution in [1.82, 2.24) is 0 Å². The number of benzene rings is 2. The molecule has 0 saturated heterocycles. The summed E-state index contributed by atoms with van der Waals surface area (Å²) < 4.78 is 53.4. The van der Waals surface area contributed by atoms with Crippen molar-refractivity contribution >= 4 is 0 Å². The van der Waals surface area contributed by atoms with E-state index in [1.54, 1.807) is 0 Å². The average Bonchev–Trinajstić information content (AvgIpc) is 2.39. The van der Waals surface area contributed by atoms with Crippen molar-refractivity contribution in [3.8, 4) is 34.1 Å². The van der Waals surface area contributed by atoms with E-state index in [1.165, 1.54) is 0 Å². The van der Waals surface area contributed by atoms with E-state index in [9.17, 15) is 32.9 Å². The molecule has 0 heterocycles. The van der Waals surface area contributed by atoms with Gasteiger partial charge in [0.25, 0.3) is 0 Å². The number of rotatable bonds is 1. The van der Waals surface area contributed by atoms with Crippen LogP contribution in [0.5, 0.6) is 23.0 Å². The van der Waals surface area contributed by atoms with E-state index in [4.69, 9.17) is 5.11 Å². The molecular weight excluding hydrogens is 284 g/mol. The van der Waals surface area contributed by atoms with Crippen molar-refractivity contribution in [1.29, 1.82) is 0 Å². The molecule has 0 bridgehead atoms. The number of phenols is 4. The van der Waals surface area contributed by atoms with E-state index in [2.05, 4.69) is 0 Å². The molecule has 0 unspecified atom stereocenters. The molecule has 0 aliphatic heterocycles. The topological polar surface area (TPSA) is 80.9 Å². The zero-order chi connectivity index (χ0) is 15.2. The molecular formula is C12H6F4O4. The van der Waals surface area contributed by atoms with Crippen LogP contribution in [0.4, 0.5) is 17.6 Å². The van der Waals surface area contributed by atoms with Crippen LogP contribution >= 0.6 is 0 Å². The fraction of sp³-hybridized carbons (Fsp3) is 0. The minimum atomic E-state index is -2.17. The molecule has 4 nitrogen and oxygen atoms in total. The summed E-state index contributed by atoms with van der Waals surface area (Å²) in [5, 5.41) is 36.9. The summed E-state index contributed by atoms with van der Waals surface area (Å²) in [6.07, 6.45) is 0. The fourth-order valence-corrected chi connectivity index (χ4v) is 1.65. The number of phenolic OH excluding ortho intramolecular Hbond substituents is 4. The van der Waals surface area contributed by atoms with Crippen LogP contribution in [0.1, 0.15) is 0 Å². The Morgan fingerprint density at radius 3 is 1.85 bits per heavy atom. The van der Waals surface area contributed by atoms with Crippen molar-refractivity contribution in [3.05, 3.63) is 35.4 Å². The smallest absolute Gasteiger partial charge is 0.206 e. The SMILES string of the molecule is Oc1cc(O)c(O)c(-c2c(F)c(O)c(F)c(F)c2F)c1. The average molecular weight is 290 g/mol. The Bertz CT molecular complexity index is 686. The lowest BCUT2D eigenvalue weighted by atomic mass is 10.0. The molecule has 0 aliphatic carbocycles. The van der Waals surface area contributed by atoms with Crippen LogP contribution in [0, 0.1) is 23.3 Å². The molecule has 0 aliphatic rings. The quantitative estimate of drug-likeness (QED) is 0.214. The molecule has 20 heavy (non-hydrogen) atoms. The second kappa shape index (κ2) is 4.48. The van der Waals surface area contributed by atoms with Crippen LogP contribution in [0.15, 0.2) is 12.1 Å². The van der Waals surface area contributed by atoms with Gasteiger partial charge >= 0.3 is 0 Å². The van der Waals surface area contributed by atoms with Gasteiger partial charge in [0.05, 0.1) is 5.56 Å². The third kappa shape index (κ3) is 1.85. The molecule has 2 aromatic carbocycles. The van der Waals surface area contributed by atoms with Gasteiger partial charge in [-0.15, -0.1) is 0 Å². The third-order valence-corrected chi connectivity index (χ3v) is 2.58. The number of hydrogen-bond donors (Lipinski definition) is 4. The summed E-state index contributed by atoms with van der Waals surface area (Å²) in [4.78, 5) is 0. The van der Waals surface area contributed by atoms with Crippen LogP contribution in [0.2, 0.25) is 0 Å². The predicted octanol–water partition coefficient (Wildman–Crippen LogP) is 2.73. The van der Waals surface area contributed by atoms with Gasteiger partial charge in [-0.25, -0.2) is 13.2 Å². The van der Waals surface area contributed by atoms with Gasteiger partial charge in [-0.05, 0) is 6.07 Å². The van der Waals surface area contributed by atoms with E-state index in [0.29, 0.717) is 12.1 Å². The third-order valence-electron chi connectivity index (χ3n) is 2.58. The van der Waals surface area contributed by atoms with Gasteiger partial charge in [-0.1, -0.05) is 0 Å². The summed E-state index contributed by atoms with van der Waals surface area (Å²) in [6, 6.07) is 1.27. The van der Waals surface area contributed by atoms with E-state index in [-0.39, 0.29) is 0 Å². The van der Waals surface area contributed by atoms with Gasteiger partial charge in [-0.3, -0.25) is 0 Å². The Morgan fingerprint density at radius 1 is 0.650 bits per heavy atom. The van der Waals surface area contributed by atoms with Gasteiger partial charge in [-0.2, -0.15) is 4.39 Å². The summed E-state index contributed by atoms with van der Waals surface area (Å²) in [7, 11) is 0. The summed E-state index contributed by atoms with van der Waals surface area (Å²) in [5.74, 6) is -12.7. The van der Waals surface area contributed by atoms with Gasteiger partial charge in [0.1, 0.15) is 5.75 Å². The summed E-state index contributed by atoms with van der Waals surface area (Å²) in [6.45, 7) is 0. The number of hydrogen-bond acceptors (Lipinski definition) is 4.